The first-order valence-corrected chi connectivity index (χ1v) is 7.75. The highest BCUT2D eigenvalue weighted by molar-refractivity contribution is 14.1. The molecule has 0 aliphatic heterocycles. The average Bonchev–Trinajstić information content (AvgIpc) is 2.74. The highest BCUT2D eigenvalue weighted by Gasteiger charge is 2.17. The van der Waals surface area contributed by atoms with E-state index in [1.165, 1.54) is 17.7 Å². The fraction of sp³-hybridized carbons (Fsp3) is 0.250. The number of imidazole rings is 1. The number of thioether (sulfide) groups is 1. The summed E-state index contributed by atoms with van der Waals surface area (Å²) in [5.41, 5.74) is 0.920. The maximum atomic E-state index is 13.7. The molecule has 2 rings (SSSR count). The standard InChI is InChI=1S/C12H10FIN2O4S/c1-20-11(19)4-16-9-2-6(13)7(14)3-8(9)15-12(16)21-5-10(17)18/h2-3H,4-5H2,1H3,(H,17,18). The average molecular weight is 424 g/mol. The van der Waals surface area contributed by atoms with Crippen molar-refractivity contribution in [2.45, 2.75) is 11.7 Å². The van der Waals surface area contributed by atoms with E-state index >= 15 is 0 Å². The van der Waals surface area contributed by atoms with Gasteiger partial charge < -0.3 is 14.4 Å². The van der Waals surface area contributed by atoms with Crippen LogP contribution in [-0.2, 0) is 20.9 Å². The maximum Gasteiger partial charge on any atom is 0.325 e. The number of methoxy groups -OCH3 is 1. The predicted molar refractivity (Wildman–Crippen MR) is 82.8 cm³/mol. The SMILES string of the molecule is COC(=O)Cn1c(SCC(=O)O)nc2cc(I)c(F)cc21. The van der Waals surface area contributed by atoms with Crippen LogP contribution in [0.25, 0.3) is 11.0 Å². The third-order valence-corrected chi connectivity index (χ3v) is 4.38. The summed E-state index contributed by atoms with van der Waals surface area (Å²) < 4.78 is 20.2. The van der Waals surface area contributed by atoms with E-state index < -0.39 is 17.8 Å². The molecule has 0 aliphatic rings. The molecule has 0 radical (unpaired) electrons. The summed E-state index contributed by atoms with van der Waals surface area (Å²) in [4.78, 5) is 26.4. The molecule has 0 saturated carbocycles. The zero-order valence-corrected chi connectivity index (χ0v) is 13.8. The molecule has 6 nitrogen and oxygen atoms in total. The van der Waals surface area contributed by atoms with E-state index in [0.717, 1.165) is 11.8 Å². The number of carbonyl (C=O) groups excluding carboxylic acids is 1. The molecule has 1 N–H and O–H groups in total. The lowest BCUT2D eigenvalue weighted by Crippen LogP contribution is -2.13. The molecule has 0 saturated heterocycles. The summed E-state index contributed by atoms with van der Waals surface area (Å²) >= 11 is 2.81. The summed E-state index contributed by atoms with van der Waals surface area (Å²) in [5.74, 6) is -2.16. The molecule has 0 amide bonds. The molecule has 0 atom stereocenters. The predicted octanol–water partition coefficient (Wildman–Crippen LogP) is 2.13. The number of carboxylic acids is 1. The Morgan fingerprint density at radius 1 is 1.52 bits per heavy atom. The molecular weight excluding hydrogens is 414 g/mol. The van der Waals surface area contributed by atoms with Crippen LogP contribution in [0.15, 0.2) is 17.3 Å². The van der Waals surface area contributed by atoms with Crippen LogP contribution < -0.4 is 0 Å². The lowest BCUT2D eigenvalue weighted by molar-refractivity contribution is -0.141. The van der Waals surface area contributed by atoms with E-state index in [1.54, 1.807) is 6.07 Å². The highest BCUT2D eigenvalue weighted by Crippen LogP contribution is 2.27. The Labute approximate surface area is 136 Å². The van der Waals surface area contributed by atoms with Gasteiger partial charge >= 0.3 is 11.9 Å². The number of benzene rings is 1. The van der Waals surface area contributed by atoms with Crippen LogP contribution in [0, 0.1) is 9.39 Å². The minimum atomic E-state index is -1.00. The van der Waals surface area contributed by atoms with Crippen molar-refractivity contribution in [1.29, 1.82) is 0 Å². The summed E-state index contributed by atoms with van der Waals surface area (Å²) in [6.07, 6.45) is 0. The molecular formula is C12H10FIN2O4S. The van der Waals surface area contributed by atoms with Gasteiger partial charge in [0.05, 0.1) is 27.5 Å². The number of fused-ring (bicyclic) bond motifs is 1. The van der Waals surface area contributed by atoms with Crippen LogP contribution in [0.3, 0.4) is 0 Å². The van der Waals surface area contributed by atoms with Gasteiger partial charge in [-0.1, -0.05) is 11.8 Å². The number of hydrogen-bond donors (Lipinski definition) is 1. The van der Waals surface area contributed by atoms with Crippen LogP contribution in [0.4, 0.5) is 4.39 Å². The minimum Gasteiger partial charge on any atom is -0.481 e. The van der Waals surface area contributed by atoms with E-state index in [2.05, 4.69) is 9.72 Å². The van der Waals surface area contributed by atoms with Crippen molar-refractivity contribution >= 4 is 57.3 Å². The Bertz CT molecular complexity index is 719. The Balaban J connectivity index is 2.51. The van der Waals surface area contributed by atoms with Gasteiger partial charge in [0.25, 0.3) is 0 Å². The summed E-state index contributed by atoms with van der Waals surface area (Å²) in [6.45, 7) is -0.158. The fourth-order valence-electron chi connectivity index (χ4n) is 1.68. The first-order chi connectivity index (χ1) is 9.92. The van der Waals surface area contributed by atoms with Gasteiger partial charge in [-0.3, -0.25) is 9.59 Å². The summed E-state index contributed by atoms with van der Waals surface area (Å²) in [6, 6.07) is 2.82. The number of carboxylic acid groups (broad SMARTS) is 1. The fourth-order valence-corrected chi connectivity index (χ4v) is 2.87. The smallest absolute Gasteiger partial charge is 0.325 e. The quantitative estimate of drug-likeness (QED) is 0.450. The lowest BCUT2D eigenvalue weighted by Gasteiger charge is -2.06. The van der Waals surface area contributed by atoms with Gasteiger partial charge in [0, 0.05) is 6.07 Å². The zero-order chi connectivity index (χ0) is 15.6. The zero-order valence-electron chi connectivity index (χ0n) is 10.8. The third kappa shape index (κ3) is 3.64. The first-order valence-electron chi connectivity index (χ1n) is 5.69. The van der Waals surface area contributed by atoms with Gasteiger partial charge in [0.15, 0.2) is 5.16 Å². The van der Waals surface area contributed by atoms with Crippen molar-refractivity contribution in [2.75, 3.05) is 12.9 Å². The highest BCUT2D eigenvalue weighted by atomic mass is 127. The lowest BCUT2D eigenvalue weighted by atomic mass is 10.3. The number of aromatic nitrogens is 2. The first kappa shape index (κ1) is 16.0. The van der Waals surface area contributed by atoms with Crippen LogP contribution in [0.5, 0.6) is 0 Å². The van der Waals surface area contributed by atoms with Crippen LogP contribution in [0.2, 0.25) is 0 Å². The van der Waals surface area contributed by atoms with Gasteiger partial charge in [-0.2, -0.15) is 0 Å². The van der Waals surface area contributed by atoms with Crippen molar-refractivity contribution in [1.82, 2.24) is 9.55 Å². The summed E-state index contributed by atoms with van der Waals surface area (Å²) in [7, 11) is 1.25. The van der Waals surface area contributed by atoms with Crippen LogP contribution in [-0.4, -0.2) is 39.5 Å². The van der Waals surface area contributed by atoms with Gasteiger partial charge in [0.2, 0.25) is 0 Å². The minimum absolute atomic E-state index is 0.158. The molecule has 0 fully saturated rings. The second kappa shape index (κ2) is 6.60. The Kier molecular flexibility index (Phi) is 5.04. The van der Waals surface area contributed by atoms with E-state index in [9.17, 15) is 14.0 Å². The molecule has 21 heavy (non-hydrogen) atoms. The Morgan fingerprint density at radius 3 is 2.86 bits per heavy atom. The molecule has 2 aromatic rings. The number of ether oxygens (including phenoxy) is 1. The van der Waals surface area contributed by atoms with E-state index in [0.29, 0.717) is 19.8 Å². The molecule has 1 aromatic carbocycles. The Morgan fingerprint density at radius 2 is 2.24 bits per heavy atom. The number of aliphatic carboxylic acids is 1. The number of esters is 1. The third-order valence-electron chi connectivity index (χ3n) is 2.59. The number of hydrogen-bond acceptors (Lipinski definition) is 5. The van der Waals surface area contributed by atoms with Crippen molar-refractivity contribution in [2.24, 2.45) is 0 Å². The topological polar surface area (TPSA) is 81.4 Å². The summed E-state index contributed by atoms with van der Waals surface area (Å²) in [5, 5.41) is 9.08. The monoisotopic (exact) mass is 424 g/mol. The molecule has 0 aliphatic carbocycles. The van der Waals surface area contributed by atoms with Crippen LogP contribution in [0.1, 0.15) is 0 Å². The van der Waals surface area contributed by atoms with Crippen molar-refractivity contribution in [3.05, 3.63) is 21.5 Å². The second-order valence-corrected chi connectivity index (χ2v) is 6.10. The normalized spacial score (nSPS) is 10.8. The van der Waals surface area contributed by atoms with Crippen molar-refractivity contribution in [3.8, 4) is 0 Å². The molecule has 9 heteroatoms. The molecule has 0 spiro atoms. The largest absolute Gasteiger partial charge is 0.481 e. The second-order valence-electron chi connectivity index (χ2n) is 3.99. The van der Waals surface area contributed by atoms with Crippen molar-refractivity contribution in [3.63, 3.8) is 0 Å². The molecule has 1 heterocycles. The molecule has 112 valence electrons. The van der Waals surface area contributed by atoms with E-state index in [4.69, 9.17) is 5.11 Å². The molecule has 1 aromatic heterocycles. The van der Waals surface area contributed by atoms with Gasteiger partial charge in [-0.25, -0.2) is 9.37 Å². The van der Waals surface area contributed by atoms with Gasteiger partial charge in [-0.05, 0) is 28.7 Å². The van der Waals surface area contributed by atoms with E-state index in [1.807, 2.05) is 22.6 Å². The van der Waals surface area contributed by atoms with Gasteiger partial charge in [0.1, 0.15) is 12.4 Å². The number of rotatable bonds is 5. The van der Waals surface area contributed by atoms with Crippen molar-refractivity contribution < 1.29 is 23.8 Å². The number of halogens is 2. The Hall–Kier alpha value is -1.36. The maximum absolute atomic E-state index is 13.7. The number of carbonyl (C=O) groups is 2. The molecule has 0 bridgehead atoms. The van der Waals surface area contributed by atoms with E-state index in [-0.39, 0.29) is 12.3 Å². The van der Waals surface area contributed by atoms with Gasteiger partial charge in [-0.15, -0.1) is 0 Å². The van der Waals surface area contributed by atoms with Crippen LogP contribution >= 0.6 is 34.4 Å². The molecule has 0 unspecified atom stereocenters. The number of nitrogens with zero attached hydrogens (tertiary/aromatic N) is 2.